The van der Waals surface area contributed by atoms with Crippen LogP contribution >= 0.6 is 11.8 Å². The standard InChI is InChI=1S/C18H22N2O3S2/c1-4-13(2)20-25(22,23)17-11-5-14(6-12-17)18(21)19-15-7-9-16(24-3)10-8-15/h5-13,20H,4H2,1-3H3,(H,19,21). The smallest absolute Gasteiger partial charge is 0.255 e. The van der Waals surface area contributed by atoms with Crippen LogP contribution in [0.15, 0.2) is 58.3 Å². The number of amides is 1. The highest BCUT2D eigenvalue weighted by Gasteiger charge is 2.17. The molecule has 2 aromatic carbocycles. The molecule has 0 saturated heterocycles. The van der Waals surface area contributed by atoms with E-state index in [4.69, 9.17) is 0 Å². The van der Waals surface area contributed by atoms with Gasteiger partial charge in [0.15, 0.2) is 0 Å². The summed E-state index contributed by atoms with van der Waals surface area (Å²) < 4.78 is 27.0. The van der Waals surface area contributed by atoms with Crippen molar-refractivity contribution in [2.45, 2.75) is 36.1 Å². The van der Waals surface area contributed by atoms with Crippen LogP contribution in [-0.2, 0) is 10.0 Å². The summed E-state index contributed by atoms with van der Waals surface area (Å²) in [6, 6.07) is 13.3. The fourth-order valence-corrected chi connectivity index (χ4v) is 3.81. The summed E-state index contributed by atoms with van der Waals surface area (Å²) in [5.41, 5.74) is 1.09. The molecular formula is C18H22N2O3S2. The van der Waals surface area contributed by atoms with E-state index in [1.807, 2.05) is 44.4 Å². The minimum absolute atomic E-state index is 0.141. The Kier molecular flexibility index (Phi) is 6.64. The Bertz CT molecular complexity index is 816. The molecule has 0 heterocycles. The molecule has 2 N–H and O–H groups in total. The lowest BCUT2D eigenvalue weighted by molar-refractivity contribution is 0.102. The lowest BCUT2D eigenvalue weighted by Crippen LogP contribution is -2.32. The molecule has 1 atom stereocenters. The first-order valence-corrected chi connectivity index (χ1v) is 10.6. The molecule has 0 spiro atoms. The highest BCUT2D eigenvalue weighted by Crippen LogP contribution is 2.18. The molecule has 7 heteroatoms. The van der Waals surface area contributed by atoms with Crippen LogP contribution in [-0.4, -0.2) is 26.6 Å². The Morgan fingerprint density at radius 2 is 1.68 bits per heavy atom. The van der Waals surface area contributed by atoms with E-state index in [9.17, 15) is 13.2 Å². The number of anilines is 1. The van der Waals surface area contributed by atoms with Crippen LogP contribution in [0.5, 0.6) is 0 Å². The number of rotatable bonds is 7. The van der Waals surface area contributed by atoms with E-state index >= 15 is 0 Å². The number of sulfonamides is 1. The molecule has 0 aliphatic rings. The molecule has 0 bridgehead atoms. The Morgan fingerprint density at radius 3 is 2.20 bits per heavy atom. The van der Waals surface area contributed by atoms with Gasteiger partial charge in [-0.2, -0.15) is 0 Å². The predicted molar refractivity (Wildman–Crippen MR) is 103 cm³/mol. The molecule has 1 unspecified atom stereocenters. The Labute approximate surface area is 153 Å². The summed E-state index contributed by atoms with van der Waals surface area (Å²) >= 11 is 1.63. The van der Waals surface area contributed by atoms with Crippen LogP contribution < -0.4 is 10.0 Å². The minimum atomic E-state index is -3.56. The van der Waals surface area contributed by atoms with Gasteiger partial charge in [-0.25, -0.2) is 13.1 Å². The van der Waals surface area contributed by atoms with E-state index in [2.05, 4.69) is 10.0 Å². The van der Waals surface area contributed by atoms with Gasteiger partial charge in [-0.15, -0.1) is 11.8 Å². The van der Waals surface area contributed by atoms with Crippen molar-refractivity contribution < 1.29 is 13.2 Å². The summed E-state index contributed by atoms with van der Waals surface area (Å²) in [4.78, 5) is 13.5. The van der Waals surface area contributed by atoms with Crippen molar-refractivity contribution in [2.24, 2.45) is 0 Å². The number of carbonyl (C=O) groups excluding carboxylic acids is 1. The molecule has 0 saturated carbocycles. The zero-order chi connectivity index (χ0) is 18.4. The van der Waals surface area contributed by atoms with E-state index < -0.39 is 10.0 Å². The van der Waals surface area contributed by atoms with E-state index in [1.165, 1.54) is 24.3 Å². The van der Waals surface area contributed by atoms with E-state index in [1.54, 1.807) is 11.8 Å². The van der Waals surface area contributed by atoms with Gasteiger partial charge in [-0.1, -0.05) is 6.92 Å². The van der Waals surface area contributed by atoms with Crippen molar-refractivity contribution in [3.8, 4) is 0 Å². The summed E-state index contributed by atoms with van der Waals surface area (Å²) in [6.07, 6.45) is 2.69. The number of hydrogen-bond donors (Lipinski definition) is 2. The summed E-state index contributed by atoms with van der Waals surface area (Å²) in [5.74, 6) is -0.282. The lowest BCUT2D eigenvalue weighted by atomic mass is 10.2. The van der Waals surface area contributed by atoms with Crippen molar-refractivity contribution in [1.82, 2.24) is 4.72 Å². The zero-order valence-electron chi connectivity index (χ0n) is 14.4. The Hall–Kier alpha value is -1.83. The monoisotopic (exact) mass is 378 g/mol. The predicted octanol–water partition coefficient (Wildman–Crippen LogP) is 3.74. The van der Waals surface area contributed by atoms with Gasteiger partial charge in [-0.05, 0) is 68.1 Å². The zero-order valence-corrected chi connectivity index (χ0v) is 16.1. The van der Waals surface area contributed by atoms with Crippen LogP contribution in [0.25, 0.3) is 0 Å². The number of nitrogens with one attached hydrogen (secondary N) is 2. The normalized spacial score (nSPS) is 12.6. The van der Waals surface area contributed by atoms with Gasteiger partial charge >= 0.3 is 0 Å². The molecule has 25 heavy (non-hydrogen) atoms. The molecular weight excluding hydrogens is 356 g/mol. The fourth-order valence-electron chi connectivity index (χ4n) is 2.08. The van der Waals surface area contributed by atoms with Crippen molar-refractivity contribution in [3.63, 3.8) is 0 Å². The molecule has 5 nitrogen and oxygen atoms in total. The van der Waals surface area contributed by atoms with Gasteiger partial charge in [-0.3, -0.25) is 4.79 Å². The first-order valence-electron chi connectivity index (χ1n) is 7.93. The van der Waals surface area contributed by atoms with Gasteiger partial charge < -0.3 is 5.32 Å². The third kappa shape index (κ3) is 5.32. The molecule has 0 aliphatic carbocycles. The molecule has 2 rings (SSSR count). The fraction of sp³-hybridized carbons (Fsp3) is 0.278. The maximum absolute atomic E-state index is 12.3. The second-order valence-corrected chi connectivity index (χ2v) is 8.23. The van der Waals surface area contributed by atoms with Crippen molar-refractivity contribution in [2.75, 3.05) is 11.6 Å². The SMILES string of the molecule is CCC(C)NS(=O)(=O)c1ccc(C(=O)Nc2ccc(SC)cc2)cc1. The molecule has 1 amide bonds. The number of thioether (sulfide) groups is 1. The molecule has 0 aliphatic heterocycles. The van der Waals surface area contributed by atoms with Crippen LogP contribution in [0, 0.1) is 0 Å². The largest absolute Gasteiger partial charge is 0.322 e. The van der Waals surface area contributed by atoms with Crippen molar-refractivity contribution in [1.29, 1.82) is 0 Å². The average molecular weight is 379 g/mol. The van der Waals surface area contributed by atoms with Crippen LogP contribution in [0.1, 0.15) is 30.6 Å². The van der Waals surface area contributed by atoms with Gasteiger partial charge in [0.05, 0.1) is 4.90 Å². The maximum atomic E-state index is 12.3. The van der Waals surface area contributed by atoms with Gasteiger partial charge in [0.25, 0.3) is 5.91 Å². The summed E-state index contributed by atoms with van der Waals surface area (Å²) in [7, 11) is -3.56. The molecule has 0 fully saturated rings. The van der Waals surface area contributed by atoms with Crippen molar-refractivity contribution in [3.05, 3.63) is 54.1 Å². The number of hydrogen-bond acceptors (Lipinski definition) is 4. The van der Waals surface area contributed by atoms with Gasteiger partial charge in [0.1, 0.15) is 0 Å². The summed E-state index contributed by atoms with van der Waals surface area (Å²) in [5, 5.41) is 2.80. The third-order valence-corrected chi connectivity index (χ3v) is 6.09. The minimum Gasteiger partial charge on any atom is -0.322 e. The second-order valence-electron chi connectivity index (χ2n) is 5.64. The first kappa shape index (κ1) is 19.5. The molecule has 134 valence electrons. The van der Waals surface area contributed by atoms with Crippen molar-refractivity contribution >= 4 is 33.4 Å². The van der Waals surface area contributed by atoms with E-state index in [0.717, 1.165) is 4.90 Å². The Balaban J connectivity index is 2.09. The molecule has 0 aromatic heterocycles. The van der Waals surface area contributed by atoms with E-state index in [0.29, 0.717) is 17.7 Å². The van der Waals surface area contributed by atoms with Crippen LogP contribution in [0.2, 0.25) is 0 Å². The molecule has 0 radical (unpaired) electrons. The molecule has 2 aromatic rings. The number of carbonyl (C=O) groups is 1. The first-order chi connectivity index (χ1) is 11.9. The van der Waals surface area contributed by atoms with Crippen LogP contribution in [0.3, 0.4) is 0 Å². The van der Waals surface area contributed by atoms with Gasteiger partial charge in [0, 0.05) is 22.2 Å². The highest BCUT2D eigenvalue weighted by molar-refractivity contribution is 7.98. The van der Waals surface area contributed by atoms with Crippen LogP contribution in [0.4, 0.5) is 5.69 Å². The second kappa shape index (κ2) is 8.51. The third-order valence-electron chi connectivity index (χ3n) is 3.74. The van der Waals surface area contributed by atoms with Gasteiger partial charge in [0.2, 0.25) is 10.0 Å². The highest BCUT2D eigenvalue weighted by atomic mass is 32.2. The maximum Gasteiger partial charge on any atom is 0.255 e. The number of benzene rings is 2. The lowest BCUT2D eigenvalue weighted by Gasteiger charge is -2.12. The topological polar surface area (TPSA) is 75.3 Å². The Morgan fingerprint density at radius 1 is 1.08 bits per heavy atom. The van der Waals surface area contributed by atoms with E-state index in [-0.39, 0.29) is 16.8 Å². The quantitative estimate of drug-likeness (QED) is 0.720. The summed E-state index contributed by atoms with van der Waals surface area (Å²) in [6.45, 7) is 3.72. The average Bonchev–Trinajstić information content (AvgIpc) is 2.62.